The lowest BCUT2D eigenvalue weighted by Crippen LogP contribution is -2.43. The van der Waals surface area contributed by atoms with E-state index in [1.807, 2.05) is 6.92 Å². The zero-order valence-electron chi connectivity index (χ0n) is 15.3. The average Bonchev–Trinajstić information content (AvgIpc) is 2.66. The maximum atomic E-state index is 12.9. The number of carbonyl (C=O) groups is 1. The number of nitrogens with one attached hydrogen (secondary N) is 2. The molecule has 0 atom stereocenters. The number of hydrazone groups is 1. The lowest BCUT2D eigenvalue weighted by Gasteiger charge is -2.31. The van der Waals surface area contributed by atoms with E-state index >= 15 is 0 Å². The van der Waals surface area contributed by atoms with Gasteiger partial charge in [0.25, 0.3) is 0 Å². The first-order valence-corrected chi connectivity index (χ1v) is 10.5. The van der Waals surface area contributed by atoms with Gasteiger partial charge < -0.3 is 15.2 Å². The van der Waals surface area contributed by atoms with E-state index in [1.54, 1.807) is 25.1 Å². The van der Waals surface area contributed by atoms with Gasteiger partial charge in [-0.2, -0.15) is 9.41 Å². The van der Waals surface area contributed by atoms with Crippen LogP contribution in [0.2, 0.25) is 0 Å². The smallest absolute Gasteiger partial charge is 0.243 e. The summed E-state index contributed by atoms with van der Waals surface area (Å²) < 4.78 is 27.0. The maximum absolute atomic E-state index is 12.9. The molecule has 1 aromatic rings. The molecule has 27 heavy (non-hydrogen) atoms. The molecule has 8 nitrogen and oxygen atoms in total. The second-order valence-corrected chi connectivity index (χ2v) is 8.54. The van der Waals surface area contributed by atoms with E-state index in [4.69, 9.17) is 12.2 Å². The highest BCUT2D eigenvalue weighted by Crippen LogP contribution is 2.24. The van der Waals surface area contributed by atoms with Crippen LogP contribution in [-0.4, -0.2) is 49.2 Å². The number of carboxylic acids is 1. The largest absolute Gasteiger partial charge is 0.550 e. The molecule has 2 rings (SSSR count). The molecule has 0 unspecified atom stereocenters. The van der Waals surface area contributed by atoms with Gasteiger partial charge in [-0.15, -0.1) is 0 Å². The Bertz CT molecular complexity index is 831. The van der Waals surface area contributed by atoms with E-state index in [-0.39, 0.29) is 30.8 Å². The number of aliphatic carboxylic acids is 1. The third-order valence-corrected chi connectivity index (χ3v) is 6.47. The minimum atomic E-state index is -3.70. The van der Waals surface area contributed by atoms with Crippen molar-refractivity contribution in [1.29, 1.82) is 0 Å². The Morgan fingerprint density at radius 2 is 2.04 bits per heavy atom. The quantitative estimate of drug-likeness (QED) is 0.386. The van der Waals surface area contributed by atoms with Crippen molar-refractivity contribution in [3.8, 4) is 0 Å². The minimum absolute atomic E-state index is 0.149. The molecule has 0 saturated carbocycles. The number of sulfonamides is 1. The zero-order chi connectivity index (χ0) is 20.0. The summed E-state index contributed by atoms with van der Waals surface area (Å²) in [5.41, 5.74) is 3.94. The highest BCUT2D eigenvalue weighted by Gasteiger charge is 2.29. The van der Waals surface area contributed by atoms with Crippen LogP contribution in [0, 0.1) is 5.92 Å². The van der Waals surface area contributed by atoms with Crippen molar-refractivity contribution in [2.75, 3.05) is 19.6 Å². The second kappa shape index (κ2) is 9.25. The van der Waals surface area contributed by atoms with E-state index in [9.17, 15) is 18.3 Å². The van der Waals surface area contributed by atoms with E-state index in [1.165, 1.54) is 10.4 Å². The topological polar surface area (TPSA) is 114 Å². The van der Waals surface area contributed by atoms with Gasteiger partial charge in [-0.25, -0.2) is 8.42 Å². The summed E-state index contributed by atoms with van der Waals surface area (Å²) in [6.45, 7) is 4.66. The molecular formula is C17H23N4O4S2-. The van der Waals surface area contributed by atoms with Gasteiger partial charge in [0.05, 0.1) is 10.6 Å². The third-order valence-electron chi connectivity index (χ3n) is 4.34. The summed E-state index contributed by atoms with van der Waals surface area (Å²) in [5, 5.41) is 18.4. The van der Waals surface area contributed by atoms with Gasteiger partial charge in [-0.1, -0.05) is 12.1 Å². The zero-order valence-corrected chi connectivity index (χ0v) is 16.9. The number of rotatable bonds is 6. The highest BCUT2D eigenvalue weighted by molar-refractivity contribution is 7.89. The predicted molar refractivity (Wildman–Crippen MR) is 105 cm³/mol. The summed E-state index contributed by atoms with van der Waals surface area (Å²) >= 11 is 5.04. The number of hydrogen-bond donors (Lipinski definition) is 2. The molecular weight excluding hydrogens is 388 g/mol. The lowest BCUT2D eigenvalue weighted by molar-refractivity contribution is -0.312. The fraction of sp³-hybridized carbons (Fsp3) is 0.471. The van der Waals surface area contributed by atoms with Crippen molar-refractivity contribution < 1.29 is 18.3 Å². The summed E-state index contributed by atoms with van der Waals surface area (Å²) in [5.74, 6) is -1.72. The normalized spacial score (nSPS) is 16.7. The van der Waals surface area contributed by atoms with Crippen molar-refractivity contribution in [3.63, 3.8) is 0 Å². The van der Waals surface area contributed by atoms with Crippen molar-refractivity contribution in [1.82, 2.24) is 15.0 Å². The Balaban J connectivity index is 2.15. The molecule has 0 bridgehead atoms. The predicted octanol–water partition coefficient (Wildman–Crippen LogP) is 0.0452. The Morgan fingerprint density at radius 3 is 2.63 bits per heavy atom. The van der Waals surface area contributed by atoms with Gasteiger partial charge in [-0.3, -0.25) is 5.43 Å². The van der Waals surface area contributed by atoms with E-state index in [2.05, 4.69) is 15.8 Å². The highest BCUT2D eigenvalue weighted by atomic mass is 32.2. The average molecular weight is 412 g/mol. The SMILES string of the molecule is CCNC(=S)N/N=C(/C)c1cccc(S(=O)(=O)N2CCC(C(=O)[O-])CC2)c1. The molecule has 1 aromatic carbocycles. The molecule has 148 valence electrons. The molecule has 0 aliphatic carbocycles. The number of carboxylic acid groups (broad SMARTS) is 1. The Labute approximate surface area is 164 Å². The van der Waals surface area contributed by atoms with Crippen LogP contribution in [0.5, 0.6) is 0 Å². The standard InChI is InChI=1S/C17H24N4O4S2/c1-3-18-17(26)20-19-12(2)14-5-4-6-15(11-14)27(24,25)21-9-7-13(8-10-21)16(22)23/h4-6,11,13H,3,7-10H2,1-2H3,(H,22,23)(H2,18,20,26)/p-1/b19-12-. The van der Waals surface area contributed by atoms with Crippen molar-refractivity contribution >= 4 is 39.0 Å². The van der Waals surface area contributed by atoms with Gasteiger partial charge in [0.15, 0.2) is 5.11 Å². The molecule has 0 aromatic heterocycles. The molecule has 10 heteroatoms. The Kier molecular flexibility index (Phi) is 7.28. The summed E-state index contributed by atoms with van der Waals surface area (Å²) in [7, 11) is -3.70. The van der Waals surface area contributed by atoms with Crippen molar-refractivity contribution in [2.45, 2.75) is 31.6 Å². The molecule has 1 saturated heterocycles. The van der Waals surface area contributed by atoms with Crippen LogP contribution in [0.15, 0.2) is 34.3 Å². The first kappa shape index (κ1) is 21.3. The van der Waals surface area contributed by atoms with Crippen molar-refractivity contribution in [3.05, 3.63) is 29.8 Å². The van der Waals surface area contributed by atoms with Gasteiger partial charge >= 0.3 is 0 Å². The molecule has 1 aliphatic heterocycles. The molecule has 0 spiro atoms. The number of piperidine rings is 1. The van der Waals surface area contributed by atoms with E-state index in [0.717, 1.165) is 0 Å². The van der Waals surface area contributed by atoms with E-state index in [0.29, 0.717) is 22.9 Å². The molecule has 1 aliphatic rings. The van der Waals surface area contributed by atoms with Gasteiger partial charge in [0.1, 0.15) is 0 Å². The van der Waals surface area contributed by atoms with Crippen molar-refractivity contribution in [2.24, 2.45) is 11.0 Å². The Morgan fingerprint density at radius 1 is 1.37 bits per heavy atom. The Hall–Kier alpha value is -2.04. The van der Waals surface area contributed by atoms with Crippen LogP contribution in [0.3, 0.4) is 0 Å². The molecule has 2 N–H and O–H groups in total. The van der Waals surface area contributed by atoms with Crippen LogP contribution in [0.1, 0.15) is 32.3 Å². The van der Waals surface area contributed by atoms with Crippen LogP contribution >= 0.6 is 12.2 Å². The first-order chi connectivity index (χ1) is 12.8. The van der Waals surface area contributed by atoms with Gasteiger partial charge in [-0.05, 0) is 56.6 Å². The molecule has 0 radical (unpaired) electrons. The molecule has 0 amide bonds. The van der Waals surface area contributed by atoms with Crippen LogP contribution in [0.4, 0.5) is 0 Å². The van der Waals surface area contributed by atoms with Crippen LogP contribution in [0.25, 0.3) is 0 Å². The molecule has 1 heterocycles. The fourth-order valence-electron chi connectivity index (χ4n) is 2.76. The number of thiocarbonyl (C=S) groups is 1. The summed E-state index contributed by atoms with van der Waals surface area (Å²) in [6, 6.07) is 6.49. The first-order valence-electron chi connectivity index (χ1n) is 8.65. The number of benzene rings is 1. The monoisotopic (exact) mass is 411 g/mol. The van der Waals surface area contributed by atoms with Gasteiger partial charge in [0, 0.05) is 31.5 Å². The fourth-order valence-corrected chi connectivity index (χ4v) is 4.47. The van der Waals surface area contributed by atoms with E-state index < -0.39 is 21.9 Å². The maximum Gasteiger partial charge on any atom is 0.243 e. The number of nitrogens with zero attached hydrogens (tertiary/aromatic N) is 2. The number of hydrogen-bond acceptors (Lipinski definition) is 6. The van der Waals surface area contributed by atoms with Crippen LogP contribution in [-0.2, 0) is 14.8 Å². The minimum Gasteiger partial charge on any atom is -0.550 e. The summed E-state index contributed by atoms with van der Waals surface area (Å²) in [6.07, 6.45) is 0.515. The lowest BCUT2D eigenvalue weighted by atomic mass is 9.99. The summed E-state index contributed by atoms with van der Waals surface area (Å²) in [4.78, 5) is 11.1. The van der Waals surface area contributed by atoms with Crippen LogP contribution < -0.4 is 15.8 Å². The molecule has 1 fully saturated rings. The van der Waals surface area contributed by atoms with Gasteiger partial charge in [0.2, 0.25) is 10.0 Å². The third kappa shape index (κ3) is 5.47. The number of carbonyl (C=O) groups excluding carboxylic acids is 1. The second-order valence-electron chi connectivity index (χ2n) is 6.19.